The summed E-state index contributed by atoms with van der Waals surface area (Å²) in [5, 5.41) is 8.30. The second-order valence-electron chi connectivity index (χ2n) is 4.00. The Morgan fingerprint density at radius 1 is 1.24 bits per heavy atom. The molecule has 0 heterocycles. The van der Waals surface area contributed by atoms with Crippen LogP contribution in [0.5, 0.6) is 5.75 Å². The molecule has 4 heteroatoms. The van der Waals surface area contributed by atoms with Crippen LogP contribution in [0.4, 0.5) is 0 Å². The quantitative estimate of drug-likeness (QED) is 0.591. The molecule has 0 aliphatic carbocycles. The fraction of sp³-hybridized carbons (Fsp3) is 0.385. The summed E-state index contributed by atoms with van der Waals surface area (Å²) >= 11 is 0. The van der Waals surface area contributed by atoms with Gasteiger partial charge >= 0.3 is 24.8 Å². The third-order valence-corrected chi connectivity index (χ3v) is 1.38. The van der Waals surface area contributed by atoms with E-state index < -0.39 is 5.97 Å². The summed E-state index contributed by atoms with van der Waals surface area (Å²) < 4.78 is 4.92. The summed E-state index contributed by atoms with van der Waals surface area (Å²) in [6.45, 7) is 7.92. The number of ether oxygens (including phenoxy) is 1. The van der Waals surface area contributed by atoms with Crippen molar-refractivity contribution in [1.82, 2.24) is 0 Å². The average molecular weight is 230 g/mol. The Kier molecular flexibility index (Phi) is 11.1. The number of carbonyl (C=O) groups is 1. The SMILES string of the molecule is C[C-](C)C.Cc1ccc(OCC(=O)O)cc1.[Li+]. The Morgan fingerprint density at radius 2 is 1.65 bits per heavy atom. The van der Waals surface area contributed by atoms with E-state index in [1.54, 1.807) is 12.1 Å². The van der Waals surface area contributed by atoms with E-state index in [1.807, 2.05) is 19.1 Å². The van der Waals surface area contributed by atoms with Crippen LogP contribution in [0.15, 0.2) is 24.3 Å². The van der Waals surface area contributed by atoms with Gasteiger partial charge in [-0.15, -0.1) is 0 Å². The van der Waals surface area contributed by atoms with Gasteiger partial charge in [-0.2, -0.15) is 20.8 Å². The van der Waals surface area contributed by atoms with E-state index in [2.05, 4.69) is 20.8 Å². The minimum atomic E-state index is -0.962. The minimum absolute atomic E-state index is 0. The van der Waals surface area contributed by atoms with Crippen LogP contribution in [0, 0.1) is 12.8 Å². The maximum Gasteiger partial charge on any atom is 1.00 e. The second kappa shape index (κ2) is 10.3. The summed E-state index contributed by atoms with van der Waals surface area (Å²) in [6, 6.07) is 7.24. The number of rotatable bonds is 3. The summed E-state index contributed by atoms with van der Waals surface area (Å²) in [5.41, 5.74) is 1.12. The molecule has 0 radical (unpaired) electrons. The van der Waals surface area contributed by atoms with Crippen LogP contribution in [0.25, 0.3) is 0 Å². The smallest absolute Gasteiger partial charge is 0.482 e. The minimum Gasteiger partial charge on any atom is -0.482 e. The van der Waals surface area contributed by atoms with Gasteiger partial charge in [-0.1, -0.05) is 17.7 Å². The van der Waals surface area contributed by atoms with E-state index in [0.29, 0.717) is 5.75 Å². The van der Waals surface area contributed by atoms with Crippen LogP contribution in [-0.4, -0.2) is 17.7 Å². The third kappa shape index (κ3) is 13.0. The van der Waals surface area contributed by atoms with Crippen molar-refractivity contribution in [2.45, 2.75) is 27.7 Å². The molecule has 1 aromatic rings. The van der Waals surface area contributed by atoms with Crippen LogP contribution in [-0.2, 0) is 4.79 Å². The average Bonchev–Trinajstić information content (AvgIpc) is 2.16. The molecular formula is C13H19LiO3. The Bertz CT molecular complexity index is 304. The van der Waals surface area contributed by atoms with E-state index in [0.717, 1.165) is 5.56 Å². The molecule has 1 rings (SSSR count). The first-order valence-corrected chi connectivity index (χ1v) is 5.10. The molecular weight excluding hydrogens is 211 g/mol. The predicted octanol–water partition coefficient (Wildman–Crippen LogP) is 0.0830. The fourth-order valence-electron chi connectivity index (χ4n) is 0.780. The summed E-state index contributed by atoms with van der Waals surface area (Å²) in [4.78, 5) is 10.1. The van der Waals surface area contributed by atoms with Crippen molar-refractivity contribution in [3.05, 3.63) is 35.7 Å². The van der Waals surface area contributed by atoms with Gasteiger partial charge < -0.3 is 15.8 Å². The van der Waals surface area contributed by atoms with E-state index >= 15 is 0 Å². The molecule has 0 bridgehead atoms. The van der Waals surface area contributed by atoms with Crippen molar-refractivity contribution < 1.29 is 33.5 Å². The molecule has 1 N–H and O–H groups in total. The van der Waals surface area contributed by atoms with Gasteiger partial charge in [0.05, 0.1) is 0 Å². The van der Waals surface area contributed by atoms with Crippen molar-refractivity contribution in [2.75, 3.05) is 6.61 Å². The van der Waals surface area contributed by atoms with Crippen LogP contribution in [0.1, 0.15) is 26.3 Å². The van der Waals surface area contributed by atoms with Gasteiger partial charge in [-0.25, -0.2) is 4.79 Å². The molecule has 17 heavy (non-hydrogen) atoms. The van der Waals surface area contributed by atoms with Gasteiger partial charge in [0.1, 0.15) is 5.75 Å². The number of carboxylic acids is 1. The molecule has 0 unspecified atom stereocenters. The van der Waals surface area contributed by atoms with Crippen LogP contribution in [0.2, 0.25) is 0 Å². The monoisotopic (exact) mass is 230 g/mol. The standard InChI is InChI=1S/C9H10O3.C4H9.Li/c1-7-2-4-8(5-3-7)12-6-9(10)11;1-4(2)3;/h2-5H,6H2,1H3,(H,10,11);1-3H3;/q;-1;+1. The summed E-state index contributed by atoms with van der Waals surface area (Å²) in [7, 11) is 0. The zero-order valence-corrected chi connectivity index (χ0v) is 11.3. The third-order valence-electron chi connectivity index (χ3n) is 1.38. The first kappa shape index (κ1) is 18.5. The van der Waals surface area contributed by atoms with E-state index in [9.17, 15) is 4.79 Å². The normalized spacial score (nSPS) is 8.76. The van der Waals surface area contributed by atoms with Gasteiger partial charge in [0.25, 0.3) is 0 Å². The molecule has 0 aliphatic rings. The first-order valence-electron chi connectivity index (χ1n) is 5.10. The largest absolute Gasteiger partial charge is 1.00 e. The number of hydrogen-bond donors (Lipinski definition) is 1. The van der Waals surface area contributed by atoms with E-state index in [1.165, 1.54) is 5.92 Å². The van der Waals surface area contributed by atoms with Crippen LogP contribution < -0.4 is 23.6 Å². The number of benzene rings is 1. The van der Waals surface area contributed by atoms with Gasteiger partial charge in [0.2, 0.25) is 0 Å². The molecule has 0 amide bonds. The van der Waals surface area contributed by atoms with Crippen LogP contribution >= 0.6 is 0 Å². The molecule has 0 aromatic heterocycles. The maximum atomic E-state index is 10.1. The van der Waals surface area contributed by atoms with Gasteiger partial charge in [-0.05, 0) is 19.1 Å². The Morgan fingerprint density at radius 3 is 2.00 bits per heavy atom. The number of carboxylic acid groups (broad SMARTS) is 1. The van der Waals surface area contributed by atoms with E-state index in [-0.39, 0.29) is 25.5 Å². The number of aryl methyl sites for hydroxylation is 1. The van der Waals surface area contributed by atoms with Crippen molar-refractivity contribution in [3.63, 3.8) is 0 Å². The molecule has 90 valence electrons. The molecule has 0 spiro atoms. The van der Waals surface area contributed by atoms with Crippen molar-refractivity contribution >= 4 is 5.97 Å². The Labute approximate surface area is 115 Å². The summed E-state index contributed by atoms with van der Waals surface area (Å²) in [5.74, 6) is 1.04. The predicted molar refractivity (Wildman–Crippen MR) is 64.6 cm³/mol. The second-order valence-corrected chi connectivity index (χ2v) is 4.00. The maximum absolute atomic E-state index is 10.1. The zero-order valence-electron chi connectivity index (χ0n) is 11.3. The van der Waals surface area contributed by atoms with Gasteiger partial charge in [0.15, 0.2) is 6.61 Å². The molecule has 3 nitrogen and oxygen atoms in total. The fourth-order valence-corrected chi connectivity index (χ4v) is 0.780. The summed E-state index contributed by atoms with van der Waals surface area (Å²) in [6.07, 6.45) is 0. The first-order chi connectivity index (χ1) is 7.41. The molecule has 0 saturated carbocycles. The van der Waals surface area contributed by atoms with Gasteiger partial charge in [-0.3, -0.25) is 0 Å². The molecule has 0 atom stereocenters. The topological polar surface area (TPSA) is 46.5 Å². The molecule has 1 aromatic carbocycles. The molecule has 0 saturated heterocycles. The zero-order chi connectivity index (χ0) is 12.6. The van der Waals surface area contributed by atoms with E-state index in [4.69, 9.17) is 9.84 Å². The van der Waals surface area contributed by atoms with Crippen molar-refractivity contribution in [1.29, 1.82) is 0 Å². The number of aliphatic carboxylic acids is 1. The van der Waals surface area contributed by atoms with Crippen LogP contribution in [0.3, 0.4) is 0 Å². The van der Waals surface area contributed by atoms with Crippen molar-refractivity contribution in [2.24, 2.45) is 0 Å². The van der Waals surface area contributed by atoms with Gasteiger partial charge in [0, 0.05) is 0 Å². The Balaban J connectivity index is 0. The molecule has 0 aliphatic heterocycles. The van der Waals surface area contributed by atoms with Crippen molar-refractivity contribution in [3.8, 4) is 5.75 Å². The molecule has 0 fully saturated rings. The Hall–Kier alpha value is -0.913. The number of hydrogen-bond acceptors (Lipinski definition) is 2.